The smallest absolute Gasteiger partial charge is 0.204 e. The molecule has 1 atom stereocenters. The van der Waals surface area contributed by atoms with E-state index in [1.54, 1.807) is 18.2 Å². The first-order valence-corrected chi connectivity index (χ1v) is 8.12. The number of ketones is 1. The third kappa shape index (κ3) is 3.86. The summed E-state index contributed by atoms with van der Waals surface area (Å²) < 4.78 is 7.39. The molecule has 2 rings (SSSR count). The predicted octanol–water partition coefficient (Wildman–Crippen LogP) is 4.83. The Balaban J connectivity index is 2.27. The topological polar surface area (TPSA) is 52.3 Å². The van der Waals surface area contributed by atoms with Crippen LogP contribution in [-0.2, 0) is 0 Å². The molecule has 0 spiro atoms. The van der Waals surface area contributed by atoms with E-state index in [9.17, 15) is 4.79 Å². The Bertz CT molecular complexity index is 658. The molecule has 0 saturated carbocycles. The number of hydrogen-bond donors (Lipinski definition) is 1. The number of nitrogens with two attached hydrogens (primary N) is 1. The van der Waals surface area contributed by atoms with Gasteiger partial charge in [-0.2, -0.15) is 0 Å². The van der Waals surface area contributed by atoms with E-state index < -0.39 is 6.10 Å². The van der Waals surface area contributed by atoms with Crippen molar-refractivity contribution < 1.29 is 9.53 Å². The molecule has 0 amide bonds. The molecule has 3 nitrogen and oxygen atoms in total. The first-order valence-electron chi connectivity index (χ1n) is 6.53. The van der Waals surface area contributed by atoms with Crippen molar-refractivity contribution in [1.29, 1.82) is 0 Å². The van der Waals surface area contributed by atoms with Crippen LogP contribution in [0.5, 0.6) is 5.75 Å². The molecule has 0 heterocycles. The van der Waals surface area contributed by atoms with Crippen molar-refractivity contribution in [2.24, 2.45) is 0 Å². The van der Waals surface area contributed by atoms with Crippen molar-refractivity contribution in [3.63, 3.8) is 0 Å². The van der Waals surface area contributed by atoms with Crippen molar-refractivity contribution in [3.05, 3.63) is 57.0 Å². The molecular formula is C16H15Br2NO2. The Morgan fingerprint density at radius 3 is 2.62 bits per heavy atom. The van der Waals surface area contributed by atoms with Crippen LogP contribution >= 0.6 is 31.9 Å². The molecule has 0 bridgehead atoms. The lowest BCUT2D eigenvalue weighted by Crippen LogP contribution is -2.27. The standard InChI is InChI=1S/C16H15Br2NO2/c1-2-14(21-15-6-4-3-5-13(15)19)16(20)11-9-10(17)7-8-12(11)18/h3-9,14H,2,19H2,1H3. The number of anilines is 1. The number of benzene rings is 2. The van der Waals surface area contributed by atoms with Gasteiger partial charge in [0, 0.05) is 14.5 Å². The van der Waals surface area contributed by atoms with Crippen molar-refractivity contribution in [3.8, 4) is 5.75 Å². The second-order valence-corrected chi connectivity index (χ2v) is 6.31. The minimum absolute atomic E-state index is 0.0751. The lowest BCUT2D eigenvalue weighted by molar-refractivity contribution is 0.0787. The predicted molar refractivity (Wildman–Crippen MR) is 91.7 cm³/mol. The van der Waals surface area contributed by atoms with Gasteiger partial charge in [0.1, 0.15) is 5.75 Å². The third-order valence-electron chi connectivity index (χ3n) is 3.05. The third-order valence-corrected chi connectivity index (χ3v) is 4.23. The maximum absolute atomic E-state index is 12.6. The van der Waals surface area contributed by atoms with Gasteiger partial charge in [-0.3, -0.25) is 4.79 Å². The Morgan fingerprint density at radius 1 is 1.24 bits per heavy atom. The van der Waals surface area contributed by atoms with Crippen LogP contribution in [0.15, 0.2) is 51.4 Å². The maximum Gasteiger partial charge on any atom is 0.204 e. The van der Waals surface area contributed by atoms with Crippen LogP contribution in [0.25, 0.3) is 0 Å². The number of Topliss-reactive ketones (excluding diaryl/α,β-unsaturated/α-hetero) is 1. The molecule has 0 aliphatic carbocycles. The van der Waals surface area contributed by atoms with Gasteiger partial charge in [-0.1, -0.05) is 50.9 Å². The fourth-order valence-corrected chi connectivity index (χ4v) is 2.73. The number of halogens is 2. The lowest BCUT2D eigenvalue weighted by Gasteiger charge is -2.18. The van der Waals surface area contributed by atoms with E-state index in [4.69, 9.17) is 10.5 Å². The van der Waals surface area contributed by atoms with Crippen molar-refractivity contribution in [2.75, 3.05) is 5.73 Å². The van der Waals surface area contributed by atoms with Gasteiger partial charge >= 0.3 is 0 Å². The largest absolute Gasteiger partial charge is 0.480 e. The van der Waals surface area contributed by atoms with Crippen LogP contribution in [0.4, 0.5) is 5.69 Å². The summed E-state index contributed by atoms with van der Waals surface area (Å²) in [6, 6.07) is 12.7. The molecule has 5 heteroatoms. The fraction of sp³-hybridized carbons (Fsp3) is 0.188. The van der Waals surface area contributed by atoms with Gasteiger partial charge in [-0.25, -0.2) is 0 Å². The number of ether oxygens (including phenoxy) is 1. The summed E-state index contributed by atoms with van der Waals surface area (Å²) in [4.78, 5) is 12.6. The summed E-state index contributed by atoms with van der Waals surface area (Å²) >= 11 is 6.79. The zero-order valence-corrected chi connectivity index (χ0v) is 14.6. The average Bonchev–Trinajstić information content (AvgIpc) is 2.48. The summed E-state index contributed by atoms with van der Waals surface area (Å²) in [5, 5.41) is 0. The Labute approximate surface area is 140 Å². The normalized spacial score (nSPS) is 12.0. The highest BCUT2D eigenvalue weighted by Crippen LogP contribution is 2.27. The Morgan fingerprint density at radius 2 is 1.95 bits per heavy atom. The van der Waals surface area contributed by atoms with Crippen LogP contribution in [-0.4, -0.2) is 11.9 Å². The molecule has 0 fully saturated rings. The molecule has 0 saturated heterocycles. The number of carbonyl (C=O) groups excluding carboxylic acids is 1. The second-order valence-electron chi connectivity index (χ2n) is 4.54. The highest BCUT2D eigenvalue weighted by molar-refractivity contribution is 9.11. The number of hydrogen-bond acceptors (Lipinski definition) is 3. The molecule has 110 valence electrons. The van der Waals surface area contributed by atoms with Crippen molar-refractivity contribution in [1.82, 2.24) is 0 Å². The van der Waals surface area contributed by atoms with Crippen molar-refractivity contribution in [2.45, 2.75) is 19.4 Å². The summed E-state index contributed by atoms with van der Waals surface area (Å²) in [6.45, 7) is 1.91. The average molecular weight is 413 g/mol. The molecule has 0 aliphatic heterocycles. The highest BCUT2D eigenvalue weighted by atomic mass is 79.9. The van der Waals surface area contributed by atoms with Crippen LogP contribution < -0.4 is 10.5 Å². The van der Waals surface area contributed by atoms with Crippen molar-refractivity contribution >= 4 is 43.3 Å². The minimum Gasteiger partial charge on any atom is -0.480 e. The molecular weight excluding hydrogens is 398 g/mol. The summed E-state index contributed by atoms with van der Waals surface area (Å²) in [7, 11) is 0. The Kier molecular flexibility index (Phi) is 5.42. The molecule has 0 radical (unpaired) electrons. The van der Waals surface area contributed by atoms with Gasteiger partial charge in [0.05, 0.1) is 5.69 Å². The van der Waals surface area contributed by atoms with Gasteiger partial charge in [-0.15, -0.1) is 0 Å². The number of carbonyl (C=O) groups is 1. The van der Waals surface area contributed by atoms with Crippen LogP contribution in [0, 0.1) is 0 Å². The van der Waals surface area contributed by atoms with Crippen LogP contribution in [0.3, 0.4) is 0 Å². The summed E-state index contributed by atoms with van der Waals surface area (Å²) in [5.74, 6) is 0.456. The SMILES string of the molecule is CCC(Oc1ccccc1N)C(=O)c1cc(Br)ccc1Br. The first-order chi connectivity index (χ1) is 10.0. The molecule has 2 N–H and O–H groups in total. The minimum atomic E-state index is -0.569. The maximum atomic E-state index is 12.6. The molecule has 1 unspecified atom stereocenters. The zero-order chi connectivity index (χ0) is 15.4. The zero-order valence-electron chi connectivity index (χ0n) is 11.5. The van der Waals surface area contributed by atoms with Gasteiger partial charge < -0.3 is 10.5 Å². The fourth-order valence-electron chi connectivity index (χ4n) is 1.92. The summed E-state index contributed by atoms with van der Waals surface area (Å²) in [5.41, 5.74) is 6.98. The number of nitrogen functional groups attached to an aromatic ring is 1. The van der Waals surface area contributed by atoms with E-state index in [0.29, 0.717) is 23.4 Å². The van der Waals surface area contributed by atoms with E-state index in [1.165, 1.54) is 0 Å². The van der Waals surface area contributed by atoms with Crippen LogP contribution in [0.1, 0.15) is 23.7 Å². The number of para-hydroxylation sites is 2. The van der Waals surface area contributed by atoms with E-state index in [0.717, 1.165) is 8.95 Å². The van der Waals surface area contributed by atoms with E-state index >= 15 is 0 Å². The van der Waals surface area contributed by atoms with Gasteiger partial charge in [0.25, 0.3) is 0 Å². The second kappa shape index (κ2) is 7.09. The van der Waals surface area contributed by atoms with E-state index in [-0.39, 0.29) is 5.78 Å². The van der Waals surface area contributed by atoms with E-state index in [2.05, 4.69) is 31.9 Å². The molecule has 0 aliphatic rings. The van der Waals surface area contributed by atoms with Crippen LogP contribution in [0.2, 0.25) is 0 Å². The molecule has 21 heavy (non-hydrogen) atoms. The van der Waals surface area contributed by atoms with Gasteiger partial charge in [-0.05, 0) is 36.8 Å². The highest BCUT2D eigenvalue weighted by Gasteiger charge is 2.23. The van der Waals surface area contributed by atoms with Gasteiger partial charge in [0.15, 0.2) is 6.10 Å². The summed E-state index contributed by atoms with van der Waals surface area (Å²) in [6.07, 6.45) is -0.00754. The lowest BCUT2D eigenvalue weighted by atomic mass is 10.0. The molecule has 2 aromatic carbocycles. The first kappa shape index (κ1) is 16.0. The number of rotatable bonds is 5. The monoisotopic (exact) mass is 411 g/mol. The molecule has 0 aromatic heterocycles. The molecule has 2 aromatic rings. The van der Waals surface area contributed by atoms with E-state index in [1.807, 2.05) is 31.2 Å². The Hall–Kier alpha value is -1.33. The quantitative estimate of drug-likeness (QED) is 0.564. The van der Waals surface area contributed by atoms with Gasteiger partial charge in [0.2, 0.25) is 5.78 Å².